The Morgan fingerprint density at radius 1 is 0.970 bits per heavy atom. The molecule has 2 N–H and O–H groups in total. The largest absolute Gasteiger partial charge is 0.378 e. The van der Waals surface area contributed by atoms with Crippen LogP contribution in [0.5, 0.6) is 0 Å². The number of nitrogens with two attached hydrogens (primary N) is 1. The van der Waals surface area contributed by atoms with Crippen LogP contribution in [0.2, 0.25) is 0 Å². The van der Waals surface area contributed by atoms with E-state index in [0.29, 0.717) is 11.6 Å². The molecule has 0 unspecified atom stereocenters. The molecule has 0 aliphatic carbocycles. The minimum absolute atomic E-state index is 0.0715. The number of aliphatic imine (C=N–C) groups is 1. The van der Waals surface area contributed by atoms with Crippen LogP contribution in [0.15, 0.2) is 53.5 Å². The molecule has 0 atom stereocenters. The van der Waals surface area contributed by atoms with Crippen LogP contribution in [0.3, 0.4) is 0 Å². The number of rotatable bonds is 5. The molecule has 2 heterocycles. The monoisotopic (exact) mass is 441 g/mol. The molecular weight excluding hydrogens is 414 g/mol. The third-order valence-corrected chi connectivity index (χ3v) is 5.58. The minimum atomic E-state index is 0.0715. The molecule has 1 aromatic heterocycles. The van der Waals surface area contributed by atoms with Crippen molar-refractivity contribution in [2.75, 3.05) is 60.7 Å². The van der Waals surface area contributed by atoms with E-state index in [1.165, 1.54) is 11.3 Å². The van der Waals surface area contributed by atoms with Crippen molar-refractivity contribution < 1.29 is 0 Å². The van der Waals surface area contributed by atoms with E-state index in [0.717, 1.165) is 31.9 Å². The fourth-order valence-electron chi connectivity index (χ4n) is 3.77. The Bertz CT molecular complexity index is 1190. The van der Waals surface area contributed by atoms with Gasteiger partial charge in [-0.1, -0.05) is 18.2 Å². The Labute approximate surface area is 193 Å². The third-order valence-electron chi connectivity index (χ3n) is 5.58. The smallest absolute Gasteiger partial charge is 0.230 e. The van der Waals surface area contributed by atoms with Crippen LogP contribution in [-0.4, -0.2) is 60.9 Å². The summed E-state index contributed by atoms with van der Waals surface area (Å²) in [5.41, 5.74) is 10.3. The molecule has 1 aliphatic heterocycles. The number of hydrogen-bond acceptors (Lipinski definition) is 9. The van der Waals surface area contributed by atoms with Crippen molar-refractivity contribution in [3.05, 3.63) is 59.9 Å². The molecule has 0 spiro atoms. The lowest BCUT2D eigenvalue weighted by Gasteiger charge is -2.36. The average molecular weight is 442 g/mol. The maximum absolute atomic E-state index is 9.71. The Morgan fingerprint density at radius 2 is 1.64 bits per heavy atom. The quantitative estimate of drug-likeness (QED) is 0.602. The van der Waals surface area contributed by atoms with Gasteiger partial charge in [-0.3, -0.25) is 0 Å². The van der Waals surface area contributed by atoms with Crippen molar-refractivity contribution in [2.24, 2.45) is 4.99 Å². The van der Waals surface area contributed by atoms with Crippen molar-refractivity contribution in [3.8, 4) is 6.07 Å². The first-order chi connectivity index (χ1) is 15.9. The zero-order valence-corrected chi connectivity index (χ0v) is 19.1. The predicted octanol–water partition coefficient (Wildman–Crippen LogP) is 2.80. The Kier molecular flexibility index (Phi) is 6.36. The summed E-state index contributed by atoms with van der Waals surface area (Å²) >= 11 is 0. The Morgan fingerprint density at radius 3 is 2.27 bits per heavy atom. The van der Waals surface area contributed by atoms with Gasteiger partial charge in [-0.2, -0.15) is 20.2 Å². The van der Waals surface area contributed by atoms with Crippen molar-refractivity contribution in [3.63, 3.8) is 0 Å². The summed E-state index contributed by atoms with van der Waals surface area (Å²) in [7, 11) is 3.93. The van der Waals surface area contributed by atoms with Crippen molar-refractivity contribution in [2.45, 2.75) is 6.92 Å². The fraction of sp³-hybridized carbons (Fsp3) is 0.292. The van der Waals surface area contributed by atoms with Gasteiger partial charge in [-0.25, -0.2) is 4.99 Å². The van der Waals surface area contributed by atoms with Gasteiger partial charge in [-0.05, 0) is 42.8 Å². The molecule has 9 nitrogen and oxygen atoms in total. The van der Waals surface area contributed by atoms with Gasteiger partial charge in [0, 0.05) is 51.6 Å². The second kappa shape index (κ2) is 9.53. The third kappa shape index (κ3) is 5.01. The molecule has 0 radical (unpaired) electrons. The molecule has 2 aromatic carbocycles. The second-order valence-electron chi connectivity index (χ2n) is 8.06. The molecule has 9 heteroatoms. The fourth-order valence-corrected chi connectivity index (χ4v) is 3.77. The normalized spacial score (nSPS) is 14.2. The van der Waals surface area contributed by atoms with Gasteiger partial charge < -0.3 is 20.4 Å². The average Bonchev–Trinajstić information content (AvgIpc) is 2.83. The molecule has 33 heavy (non-hydrogen) atoms. The first-order valence-corrected chi connectivity index (χ1v) is 10.8. The molecule has 0 bridgehead atoms. The highest BCUT2D eigenvalue weighted by Gasteiger charge is 2.22. The van der Waals surface area contributed by atoms with Crippen LogP contribution in [0.1, 0.15) is 11.4 Å². The lowest BCUT2D eigenvalue weighted by molar-refractivity contribution is 0.637. The number of nitriles is 1. The number of nitrogens with zero attached hydrogens (tertiary/aromatic N) is 8. The molecule has 1 fully saturated rings. The number of para-hydroxylation sites is 1. The number of aryl methyl sites for hydroxylation is 1. The van der Waals surface area contributed by atoms with E-state index >= 15 is 0 Å². The standard InChI is InChI=1S/C24H27N9/c1-17-6-4-5-7-21(17)32-12-14-33(15-13-32)24-29-22(28-23(26)30-24)20(16-25)27-18-8-10-19(11-9-18)31(2)3/h4-11H,12-15H2,1-3H3,(H2,26,28,29,30). The van der Waals surface area contributed by atoms with Crippen molar-refractivity contribution in [1.29, 1.82) is 5.26 Å². The number of aromatic nitrogens is 3. The van der Waals surface area contributed by atoms with Gasteiger partial charge in [0.25, 0.3) is 0 Å². The Hall–Kier alpha value is -4.19. The maximum atomic E-state index is 9.71. The van der Waals surface area contributed by atoms with Gasteiger partial charge in [0.05, 0.1) is 5.69 Å². The zero-order chi connectivity index (χ0) is 23.4. The predicted molar refractivity (Wildman–Crippen MR) is 132 cm³/mol. The number of anilines is 4. The minimum Gasteiger partial charge on any atom is -0.378 e. The number of benzene rings is 2. The summed E-state index contributed by atoms with van der Waals surface area (Å²) < 4.78 is 0. The van der Waals surface area contributed by atoms with E-state index in [1.807, 2.05) is 43.3 Å². The van der Waals surface area contributed by atoms with Crippen LogP contribution in [0.25, 0.3) is 0 Å². The lowest BCUT2D eigenvalue weighted by atomic mass is 10.1. The van der Waals surface area contributed by atoms with Gasteiger partial charge in [0.2, 0.25) is 11.9 Å². The summed E-state index contributed by atoms with van der Waals surface area (Å²) in [6.07, 6.45) is 0. The molecule has 1 saturated heterocycles. The molecular formula is C24H27N9. The van der Waals surface area contributed by atoms with Crippen LogP contribution in [-0.2, 0) is 0 Å². The Balaban J connectivity index is 1.54. The van der Waals surface area contributed by atoms with Gasteiger partial charge in [0.1, 0.15) is 6.07 Å². The molecule has 0 amide bonds. The highest BCUT2D eigenvalue weighted by molar-refractivity contribution is 6.10. The number of piperazine rings is 1. The zero-order valence-electron chi connectivity index (χ0n) is 19.1. The van der Waals surface area contributed by atoms with Gasteiger partial charge in [-0.15, -0.1) is 0 Å². The molecule has 168 valence electrons. The van der Waals surface area contributed by atoms with E-state index in [9.17, 15) is 5.26 Å². The van der Waals surface area contributed by atoms with E-state index in [1.54, 1.807) is 0 Å². The van der Waals surface area contributed by atoms with Gasteiger partial charge in [0.15, 0.2) is 11.5 Å². The summed E-state index contributed by atoms with van der Waals surface area (Å²) in [6, 6.07) is 18.1. The highest BCUT2D eigenvalue weighted by Crippen LogP contribution is 2.23. The van der Waals surface area contributed by atoms with E-state index < -0.39 is 0 Å². The van der Waals surface area contributed by atoms with E-state index in [4.69, 9.17) is 5.73 Å². The maximum Gasteiger partial charge on any atom is 0.230 e. The number of hydrogen-bond donors (Lipinski definition) is 1. The summed E-state index contributed by atoms with van der Waals surface area (Å²) in [5.74, 6) is 0.716. The van der Waals surface area contributed by atoms with E-state index in [2.05, 4.69) is 67.0 Å². The summed E-state index contributed by atoms with van der Waals surface area (Å²) in [4.78, 5) is 23.9. The molecule has 4 rings (SSSR count). The van der Waals surface area contributed by atoms with Crippen molar-refractivity contribution >= 4 is 34.7 Å². The lowest BCUT2D eigenvalue weighted by Crippen LogP contribution is -2.47. The number of nitrogen functional groups attached to an aromatic ring is 1. The second-order valence-corrected chi connectivity index (χ2v) is 8.06. The summed E-state index contributed by atoms with van der Waals surface area (Å²) in [5, 5.41) is 9.71. The van der Waals surface area contributed by atoms with Crippen molar-refractivity contribution in [1.82, 2.24) is 15.0 Å². The topological polar surface area (TPSA) is 111 Å². The van der Waals surface area contributed by atoms with Crippen LogP contribution in [0, 0.1) is 18.3 Å². The summed E-state index contributed by atoms with van der Waals surface area (Å²) in [6.45, 7) is 5.27. The highest BCUT2D eigenvalue weighted by atomic mass is 15.3. The SMILES string of the molecule is Cc1ccccc1N1CCN(c2nc(N)nc(C(C#N)=Nc3ccc(N(C)C)cc3)n2)CC1. The van der Waals surface area contributed by atoms with Crippen LogP contribution >= 0.6 is 0 Å². The molecule has 1 aliphatic rings. The van der Waals surface area contributed by atoms with E-state index in [-0.39, 0.29) is 17.5 Å². The van der Waals surface area contributed by atoms with Crippen LogP contribution in [0.4, 0.5) is 29.0 Å². The van der Waals surface area contributed by atoms with Gasteiger partial charge >= 0.3 is 0 Å². The first-order valence-electron chi connectivity index (χ1n) is 10.8. The van der Waals surface area contributed by atoms with Crippen LogP contribution < -0.4 is 20.4 Å². The molecule has 0 saturated carbocycles. The first kappa shape index (κ1) is 22.0. The molecule has 3 aromatic rings.